The van der Waals surface area contributed by atoms with Gasteiger partial charge in [0, 0.05) is 11.9 Å². The molecule has 0 aliphatic heterocycles. The summed E-state index contributed by atoms with van der Waals surface area (Å²) < 4.78 is 0. The van der Waals surface area contributed by atoms with Crippen molar-refractivity contribution in [1.82, 2.24) is 10.3 Å². The number of hydrogen-bond acceptors (Lipinski definition) is 3. The lowest BCUT2D eigenvalue weighted by atomic mass is 9.98. The number of carbonyl (C=O) groups excluding carboxylic acids is 1. The van der Waals surface area contributed by atoms with E-state index < -0.39 is 0 Å². The second-order valence-electron chi connectivity index (χ2n) is 4.25. The highest BCUT2D eigenvalue weighted by Gasteiger charge is 2.23. The molecular formula is C11H16N2OS. The third-order valence-electron chi connectivity index (χ3n) is 3.23. The largest absolute Gasteiger partial charge is 0.350 e. The first-order valence-electron chi connectivity index (χ1n) is 5.43. The Kier molecular flexibility index (Phi) is 3.36. The zero-order valence-corrected chi connectivity index (χ0v) is 9.72. The van der Waals surface area contributed by atoms with Crippen LogP contribution in [0, 0.1) is 11.8 Å². The highest BCUT2D eigenvalue weighted by atomic mass is 32.1. The van der Waals surface area contributed by atoms with Crippen LogP contribution in [-0.2, 0) is 0 Å². The van der Waals surface area contributed by atoms with Gasteiger partial charge < -0.3 is 5.32 Å². The lowest BCUT2D eigenvalue weighted by Crippen LogP contribution is -2.30. The lowest BCUT2D eigenvalue weighted by molar-refractivity contribution is 0.0940. The van der Waals surface area contributed by atoms with Gasteiger partial charge in [-0.15, -0.1) is 11.3 Å². The Morgan fingerprint density at radius 1 is 1.67 bits per heavy atom. The Morgan fingerprint density at radius 3 is 3.13 bits per heavy atom. The summed E-state index contributed by atoms with van der Waals surface area (Å²) in [6.07, 6.45) is 3.86. The number of thiazole rings is 1. The molecule has 1 aliphatic rings. The molecule has 1 saturated carbocycles. The standard InChI is InChI=1S/C11H16N2OS/c1-8-3-2-4-9(8)5-12-11(14)10-6-15-7-13-10/h6-9H,2-5H2,1H3,(H,12,14). The van der Waals surface area contributed by atoms with Crippen molar-refractivity contribution >= 4 is 17.2 Å². The molecule has 15 heavy (non-hydrogen) atoms. The van der Waals surface area contributed by atoms with E-state index in [4.69, 9.17) is 0 Å². The molecule has 1 heterocycles. The van der Waals surface area contributed by atoms with Crippen LogP contribution in [0.5, 0.6) is 0 Å². The quantitative estimate of drug-likeness (QED) is 0.856. The number of hydrogen-bond donors (Lipinski definition) is 1. The van der Waals surface area contributed by atoms with E-state index in [0.29, 0.717) is 11.6 Å². The Morgan fingerprint density at radius 2 is 2.53 bits per heavy atom. The van der Waals surface area contributed by atoms with Crippen LogP contribution in [-0.4, -0.2) is 17.4 Å². The van der Waals surface area contributed by atoms with Crippen LogP contribution >= 0.6 is 11.3 Å². The van der Waals surface area contributed by atoms with E-state index in [1.807, 2.05) is 0 Å². The molecule has 2 atom stereocenters. The van der Waals surface area contributed by atoms with Crippen molar-refractivity contribution in [1.29, 1.82) is 0 Å². The number of nitrogens with one attached hydrogen (secondary N) is 1. The van der Waals surface area contributed by atoms with Crippen LogP contribution in [0.2, 0.25) is 0 Å². The van der Waals surface area contributed by atoms with Gasteiger partial charge in [-0.05, 0) is 18.3 Å². The summed E-state index contributed by atoms with van der Waals surface area (Å²) in [7, 11) is 0. The van der Waals surface area contributed by atoms with Gasteiger partial charge in [-0.1, -0.05) is 19.8 Å². The van der Waals surface area contributed by atoms with Gasteiger partial charge in [0.2, 0.25) is 0 Å². The number of rotatable bonds is 3. The predicted molar refractivity (Wildman–Crippen MR) is 61.0 cm³/mol. The van der Waals surface area contributed by atoms with E-state index in [0.717, 1.165) is 12.5 Å². The normalized spacial score (nSPS) is 25.4. The van der Waals surface area contributed by atoms with Crippen LogP contribution in [0.4, 0.5) is 0 Å². The molecule has 0 radical (unpaired) electrons. The number of nitrogens with zero attached hydrogens (tertiary/aromatic N) is 1. The minimum atomic E-state index is -0.0321. The molecule has 0 saturated heterocycles. The van der Waals surface area contributed by atoms with Crippen molar-refractivity contribution in [2.75, 3.05) is 6.54 Å². The van der Waals surface area contributed by atoms with Crippen LogP contribution < -0.4 is 5.32 Å². The van der Waals surface area contributed by atoms with Gasteiger partial charge in [-0.25, -0.2) is 4.98 Å². The van der Waals surface area contributed by atoms with E-state index >= 15 is 0 Å². The van der Waals surface area contributed by atoms with Gasteiger partial charge in [0.15, 0.2) is 0 Å². The Bertz CT molecular complexity index is 323. The lowest BCUT2D eigenvalue weighted by Gasteiger charge is -2.15. The van der Waals surface area contributed by atoms with Crippen molar-refractivity contribution < 1.29 is 4.79 Å². The van der Waals surface area contributed by atoms with Crippen LogP contribution in [0.3, 0.4) is 0 Å². The van der Waals surface area contributed by atoms with Gasteiger partial charge in [-0.3, -0.25) is 4.79 Å². The molecular weight excluding hydrogens is 208 g/mol. The first-order valence-corrected chi connectivity index (χ1v) is 6.38. The minimum Gasteiger partial charge on any atom is -0.350 e. The van der Waals surface area contributed by atoms with Crippen molar-refractivity contribution in [2.45, 2.75) is 26.2 Å². The van der Waals surface area contributed by atoms with Gasteiger partial charge in [0.05, 0.1) is 5.51 Å². The number of aromatic nitrogens is 1. The van der Waals surface area contributed by atoms with Crippen LogP contribution in [0.15, 0.2) is 10.9 Å². The summed E-state index contributed by atoms with van der Waals surface area (Å²) in [5, 5.41) is 4.75. The molecule has 0 spiro atoms. The fraction of sp³-hybridized carbons (Fsp3) is 0.636. The van der Waals surface area contributed by atoms with Crippen molar-refractivity contribution in [3.05, 3.63) is 16.6 Å². The van der Waals surface area contributed by atoms with Crippen molar-refractivity contribution in [2.24, 2.45) is 11.8 Å². The summed E-state index contributed by atoms with van der Waals surface area (Å²) >= 11 is 1.45. The smallest absolute Gasteiger partial charge is 0.270 e. The molecule has 1 amide bonds. The molecule has 1 aliphatic carbocycles. The second-order valence-corrected chi connectivity index (χ2v) is 4.97. The maximum Gasteiger partial charge on any atom is 0.270 e. The monoisotopic (exact) mass is 224 g/mol. The van der Waals surface area contributed by atoms with Crippen LogP contribution in [0.1, 0.15) is 36.7 Å². The van der Waals surface area contributed by atoms with E-state index in [1.54, 1.807) is 10.9 Å². The fourth-order valence-electron chi connectivity index (χ4n) is 2.16. The zero-order valence-electron chi connectivity index (χ0n) is 8.90. The SMILES string of the molecule is CC1CCCC1CNC(=O)c1cscn1. The molecule has 4 heteroatoms. The molecule has 2 rings (SSSR count). The number of amides is 1. The molecule has 1 aromatic heterocycles. The summed E-state index contributed by atoms with van der Waals surface area (Å²) in [5.74, 6) is 1.38. The zero-order chi connectivity index (χ0) is 10.7. The first kappa shape index (κ1) is 10.6. The highest BCUT2D eigenvalue weighted by molar-refractivity contribution is 7.07. The Hall–Kier alpha value is -0.900. The third-order valence-corrected chi connectivity index (χ3v) is 3.82. The molecule has 1 N–H and O–H groups in total. The first-order chi connectivity index (χ1) is 7.27. The van der Waals surface area contributed by atoms with Crippen molar-refractivity contribution in [3.8, 4) is 0 Å². The maximum atomic E-state index is 11.6. The fourth-order valence-corrected chi connectivity index (χ4v) is 2.70. The summed E-state index contributed by atoms with van der Waals surface area (Å²) in [6.45, 7) is 3.07. The minimum absolute atomic E-state index is 0.0321. The molecule has 0 aromatic carbocycles. The number of carbonyl (C=O) groups is 1. The van der Waals surface area contributed by atoms with E-state index in [2.05, 4.69) is 17.2 Å². The average Bonchev–Trinajstić information content (AvgIpc) is 2.85. The van der Waals surface area contributed by atoms with Crippen LogP contribution in [0.25, 0.3) is 0 Å². The maximum absolute atomic E-state index is 11.6. The van der Waals surface area contributed by atoms with Gasteiger partial charge in [-0.2, -0.15) is 0 Å². The van der Waals surface area contributed by atoms with E-state index in [1.165, 1.54) is 30.6 Å². The van der Waals surface area contributed by atoms with E-state index in [-0.39, 0.29) is 5.91 Å². The van der Waals surface area contributed by atoms with Crippen molar-refractivity contribution in [3.63, 3.8) is 0 Å². The Balaban J connectivity index is 1.81. The Labute approximate surface area is 93.9 Å². The molecule has 1 aromatic rings. The molecule has 0 bridgehead atoms. The molecule has 82 valence electrons. The second kappa shape index (κ2) is 4.75. The molecule has 2 unspecified atom stereocenters. The molecule has 3 nitrogen and oxygen atoms in total. The predicted octanol–water partition coefficient (Wildman–Crippen LogP) is 2.31. The topological polar surface area (TPSA) is 42.0 Å². The highest BCUT2D eigenvalue weighted by Crippen LogP contribution is 2.30. The summed E-state index contributed by atoms with van der Waals surface area (Å²) in [4.78, 5) is 15.6. The van der Waals surface area contributed by atoms with E-state index in [9.17, 15) is 4.79 Å². The van der Waals surface area contributed by atoms with Gasteiger partial charge >= 0.3 is 0 Å². The summed E-state index contributed by atoms with van der Waals surface area (Å²) in [5.41, 5.74) is 2.23. The van der Waals surface area contributed by atoms with Gasteiger partial charge in [0.25, 0.3) is 5.91 Å². The van der Waals surface area contributed by atoms with Gasteiger partial charge in [0.1, 0.15) is 5.69 Å². The molecule has 1 fully saturated rings. The third kappa shape index (κ3) is 2.56. The summed E-state index contributed by atoms with van der Waals surface area (Å²) in [6, 6.07) is 0. The average molecular weight is 224 g/mol.